The molecule has 2 atom stereocenters. The summed E-state index contributed by atoms with van der Waals surface area (Å²) in [6.07, 6.45) is 1.65. The van der Waals surface area contributed by atoms with Crippen LogP contribution in [0.3, 0.4) is 0 Å². The molecule has 1 fully saturated rings. The van der Waals surface area contributed by atoms with Crippen molar-refractivity contribution in [2.75, 3.05) is 7.11 Å². The van der Waals surface area contributed by atoms with Crippen LogP contribution in [0.4, 0.5) is 0 Å². The van der Waals surface area contributed by atoms with E-state index in [1.165, 1.54) is 7.11 Å². The smallest absolute Gasteiger partial charge is 0.335 e. The van der Waals surface area contributed by atoms with E-state index >= 15 is 0 Å². The summed E-state index contributed by atoms with van der Waals surface area (Å²) >= 11 is 0. The van der Waals surface area contributed by atoms with E-state index in [2.05, 4.69) is 10.1 Å². The fraction of sp³-hybridized carbons (Fsp3) is 0.429. The molecule has 2 unspecified atom stereocenters. The molecule has 4 heteroatoms. The Bertz CT molecular complexity index is 269. The van der Waals surface area contributed by atoms with Gasteiger partial charge in [0, 0.05) is 0 Å². The molecule has 1 aliphatic carbocycles. The van der Waals surface area contributed by atoms with Crippen molar-refractivity contribution in [1.29, 1.82) is 0 Å². The first kappa shape index (κ1) is 6.39. The minimum absolute atomic E-state index is 0.00246. The van der Waals surface area contributed by atoms with Crippen molar-refractivity contribution < 1.29 is 14.3 Å². The number of ether oxygens (including phenoxy) is 1. The van der Waals surface area contributed by atoms with Crippen LogP contribution in [0.5, 0.6) is 0 Å². The fourth-order valence-electron chi connectivity index (χ4n) is 1.33. The van der Waals surface area contributed by atoms with Gasteiger partial charge in [-0.2, -0.15) is 0 Å². The lowest BCUT2D eigenvalue weighted by Gasteiger charge is -2.42. The first-order valence-electron chi connectivity index (χ1n) is 3.34. The molecule has 0 aromatic rings. The lowest BCUT2D eigenvalue weighted by Crippen LogP contribution is -2.64. The molecule has 1 heterocycles. The first-order chi connectivity index (χ1) is 5.24. The van der Waals surface area contributed by atoms with E-state index in [4.69, 9.17) is 0 Å². The zero-order valence-corrected chi connectivity index (χ0v) is 5.96. The maximum Gasteiger partial charge on any atom is 0.335 e. The molecule has 1 amide bonds. The van der Waals surface area contributed by atoms with Crippen LogP contribution in [0.25, 0.3) is 0 Å². The highest BCUT2D eigenvalue weighted by atomic mass is 16.5. The van der Waals surface area contributed by atoms with Crippen molar-refractivity contribution in [1.82, 2.24) is 5.32 Å². The Kier molecular flexibility index (Phi) is 1.07. The van der Waals surface area contributed by atoms with E-state index in [1.807, 2.05) is 0 Å². The zero-order chi connectivity index (χ0) is 8.01. The van der Waals surface area contributed by atoms with Gasteiger partial charge in [0.15, 0.2) is 0 Å². The van der Waals surface area contributed by atoms with Crippen molar-refractivity contribution in [2.45, 2.75) is 6.04 Å². The standard InChI is InChI=1S/C7H7NO3/c1-11-7(10)4-2-3-5(4)8-6(3)9/h2-3,5H,1H3,(H,8,9). The summed E-state index contributed by atoms with van der Waals surface area (Å²) in [7, 11) is 1.33. The summed E-state index contributed by atoms with van der Waals surface area (Å²) in [5.74, 6) is -0.405. The molecular formula is C7H7NO3. The van der Waals surface area contributed by atoms with E-state index in [1.54, 1.807) is 6.08 Å². The van der Waals surface area contributed by atoms with Crippen LogP contribution in [-0.2, 0) is 14.3 Å². The predicted molar refractivity (Wildman–Crippen MR) is 35.5 cm³/mol. The number of carbonyl (C=O) groups excluding carboxylic acids is 2. The van der Waals surface area contributed by atoms with Crippen LogP contribution in [0, 0.1) is 5.92 Å². The number of rotatable bonds is 1. The molecule has 2 aliphatic rings. The maximum absolute atomic E-state index is 10.8. The van der Waals surface area contributed by atoms with Crippen LogP contribution >= 0.6 is 0 Å². The molecule has 0 saturated carbocycles. The molecule has 0 aromatic heterocycles. The highest BCUT2D eigenvalue weighted by molar-refractivity contribution is 6.02. The van der Waals surface area contributed by atoms with E-state index in [0.717, 1.165) is 0 Å². The number of fused-ring (bicyclic) bond motifs is 1. The third kappa shape index (κ3) is 0.636. The first-order valence-corrected chi connectivity index (χ1v) is 3.34. The maximum atomic E-state index is 10.8. The average molecular weight is 153 g/mol. The summed E-state index contributed by atoms with van der Waals surface area (Å²) < 4.78 is 4.48. The van der Waals surface area contributed by atoms with Crippen molar-refractivity contribution in [2.24, 2.45) is 5.92 Å². The lowest BCUT2D eigenvalue weighted by molar-refractivity contribution is -0.140. The minimum Gasteiger partial charge on any atom is -0.466 e. The number of nitrogens with one attached hydrogen (secondary N) is 1. The van der Waals surface area contributed by atoms with Gasteiger partial charge in [0.05, 0.1) is 24.6 Å². The molecule has 1 aliphatic heterocycles. The van der Waals surface area contributed by atoms with E-state index in [9.17, 15) is 9.59 Å². The number of amides is 1. The molecule has 0 bridgehead atoms. The van der Waals surface area contributed by atoms with Crippen LogP contribution < -0.4 is 5.32 Å². The number of β-lactam (4-membered cyclic amide) rings is 1. The SMILES string of the molecule is COC(=O)C1=CC2C(=O)NC12. The van der Waals surface area contributed by atoms with E-state index in [0.29, 0.717) is 5.57 Å². The third-order valence-electron chi connectivity index (χ3n) is 2.07. The van der Waals surface area contributed by atoms with Gasteiger partial charge in [0.1, 0.15) is 0 Å². The average Bonchev–Trinajstić information content (AvgIpc) is 1.99. The Labute approximate surface area is 63.2 Å². The summed E-state index contributed by atoms with van der Waals surface area (Å²) in [6, 6.07) is -0.0602. The predicted octanol–water partition coefficient (Wildman–Crippen LogP) is -0.786. The normalized spacial score (nSPS) is 32.1. The second kappa shape index (κ2) is 1.84. The molecule has 58 valence electrons. The molecule has 0 spiro atoms. The number of hydrogen-bond donors (Lipinski definition) is 1. The molecule has 2 rings (SSSR count). The molecular weight excluding hydrogens is 146 g/mol. The van der Waals surface area contributed by atoms with Gasteiger partial charge >= 0.3 is 5.97 Å². The number of esters is 1. The number of hydrogen-bond acceptors (Lipinski definition) is 3. The van der Waals surface area contributed by atoms with Gasteiger partial charge in [-0.05, 0) is 0 Å². The Balaban J connectivity index is 2.11. The zero-order valence-electron chi connectivity index (χ0n) is 5.96. The summed E-state index contributed by atoms with van der Waals surface area (Å²) in [4.78, 5) is 21.5. The summed E-state index contributed by atoms with van der Waals surface area (Å²) in [5, 5.41) is 2.60. The summed E-state index contributed by atoms with van der Waals surface area (Å²) in [6.45, 7) is 0. The van der Waals surface area contributed by atoms with Crippen LogP contribution in [0.1, 0.15) is 0 Å². The molecule has 0 aromatic carbocycles. The van der Waals surface area contributed by atoms with Gasteiger partial charge < -0.3 is 10.1 Å². The molecule has 1 N–H and O–H groups in total. The second-order valence-corrected chi connectivity index (χ2v) is 2.63. The number of methoxy groups -OCH3 is 1. The highest BCUT2D eigenvalue weighted by Crippen LogP contribution is 2.34. The van der Waals surface area contributed by atoms with Crippen molar-refractivity contribution in [3.63, 3.8) is 0 Å². The van der Waals surface area contributed by atoms with Crippen molar-refractivity contribution >= 4 is 11.9 Å². The van der Waals surface area contributed by atoms with Crippen molar-refractivity contribution in [3.05, 3.63) is 11.6 Å². The van der Waals surface area contributed by atoms with E-state index in [-0.39, 0.29) is 23.8 Å². The van der Waals surface area contributed by atoms with Gasteiger partial charge in [-0.25, -0.2) is 4.79 Å². The molecule has 11 heavy (non-hydrogen) atoms. The lowest BCUT2D eigenvalue weighted by atomic mass is 9.74. The monoisotopic (exact) mass is 153 g/mol. The third-order valence-corrected chi connectivity index (χ3v) is 2.07. The quantitative estimate of drug-likeness (QED) is 0.397. The molecule has 1 saturated heterocycles. The van der Waals surface area contributed by atoms with Gasteiger partial charge in [0.2, 0.25) is 5.91 Å². The van der Waals surface area contributed by atoms with Gasteiger partial charge in [0.25, 0.3) is 0 Å². The molecule has 0 radical (unpaired) electrons. The van der Waals surface area contributed by atoms with Crippen molar-refractivity contribution in [3.8, 4) is 0 Å². The Hall–Kier alpha value is -1.32. The Morgan fingerprint density at radius 2 is 2.45 bits per heavy atom. The summed E-state index contributed by atoms with van der Waals surface area (Å²) in [5.41, 5.74) is 0.581. The largest absolute Gasteiger partial charge is 0.466 e. The van der Waals surface area contributed by atoms with Gasteiger partial charge in [-0.15, -0.1) is 0 Å². The van der Waals surface area contributed by atoms with Crippen LogP contribution in [0.15, 0.2) is 11.6 Å². The fourth-order valence-corrected chi connectivity index (χ4v) is 1.33. The van der Waals surface area contributed by atoms with E-state index < -0.39 is 0 Å². The number of carbonyl (C=O) groups is 2. The van der Waals surface area contributed by atoms with Gasteiger partial charge in [-0.3, -0.25) is 4.79 Å². The van der Waals surface area contributed by atoms with Crippen LogP contribution in [0.2, 0.25) is 0 Å². The second-order valence-electron chi connectivity index (χ2n) is 2.63. The Morgan fingerprint density at radius 1 is 1.73 bits per heavy atom. The van der Waals surface area contributed by atoms with Crippen LogP contribution in [-0.4, -0.2) is 25.0 Å². The Morgan fingerprint density at radius 3 is 2.82 bits per heavy atom. The minimum atomic E-state index is -0.341. The highest BCUT2D eigenvalue weighted by Gasteiger charge is 2.49. The van der Waals surface area contributed by atoms with Gasteiger partial charge in [-0.1, -0.05) is 6.08 Å². The topological polar surface area (TPSA) is 55.4 Å². The molecule has 4 nitrogen and oxygen atoms in total.